The molecule has 0 unspecified atom stereocenters. The summed E-state index contributed by atoms with van der Waals surface area (Å²) < 4.78 is 0. The Bertz CT molecular complexity index is 734. The predicted octanol–water partition coefficient (Wildman–Crippen LogP) is 3.56. The predicted molar refractivity (Wildman–Crippen MR) is 79.4 cm³/mol. The fourth-order valence-electron chi connectivity index (χ4n) is 1.75. The molecule has 6 heteroatoms. The van der Waals surface area contributed by atoms with Gasteiger partial charge in [-0.25, -0.2) is 9.78 Å². The minimum atomic E-state index is -0.906. The van der Waals surface area contributed by atoms with Gasteiger partial charge in [0.25, 0.3) is 0 Å². The van der Waals surface area contributed by atoms with E-state index in [-0.39, 0.29) is 0 Å². The van der Waals surface area contributed by atoms with Gasteiger partial charge in [0.2, 0.25) is 0 Å². The van der Waals surface area contributed by atoms with Gasteiger partial charge >= 0.3 is 5.97 Å². The first-order chi connectivity index (χ1) is 9.72. The first kappa shape index (κ1) is 13.0. The zero-order valence-electron chi connectivity index (χ0n) is 10.3. The van der Waals surface area contributed by atoms with Crippen molar-refractivity contribution in [2.45, 2.75) is 6.42 Å². The number of nitrogens with zero attached hydrogens (tertiary/aromatic N) is 2. The Balaban J connectivity index is 1.81. The van der Waals surface area contributed by atoms with Crippen molar-refractivity contribution in [1.82, 2.24) is 9.97 Å². The summed E-state index contributed by atoms with van der Waals surface area (Å²) in [6.45, 7) is 0. The molecule has 4 nitrogen and oxygen atoms in total. The molecule has 0 radical (unpaired) electrons. The lowest BCUT2D eigenvalue weighted by atomic mass is 10.3. The first-order valence-corrected chi connectivity index (χ1v) is 7.65. The van der Waals surface area contributed by atoms with Gasteiger partial charge in [-0.3, -0.25) is 4.98 Å². The van der Waals surface area contributed by atoms with Crippen LogP contribution in [0, 0.1) is 0 Å². The third kappa shape index (κ3) is 2.76. The van der Waals surface area contributed by atoms with Crippen LogP contribution in [0.3, 0.4) is 0 Å². The van der Waals surface area contributed by atoms with Gasteiger partial charge in [0.15, 0.2) is 0 Å². The highest BCUT2D eigenvalue weighted by Crippen LogP contribution is 2.29. The second kappa shape index (κ2) is 5.52. The molecule has 3 aromatic rings. The smallest absolute Gasteiger partial charge is 0.336 e. The number of aromatic nitrogens is 2. The van der Waals surface area contributed by atoms with Crippen LogP contribution in [-0.2, 0) is 6.42 Å². The molecule has 0 aliphatic rings. The molecule has 0 spiro atoms. The molecule has 3 rings (SSSR count). The summed E-state index contributed by atoms with van der Waals surface area (Å²) in [6, 6.07) is 7.46. The Labute approximate surface area is 123 Å². The van der Waals surface area contributed by atoms with E-state index >= 15 is 0 Å². The topological polar surface area (TPSA) is 63.1 Å². The van der Waals surface area contributed by atoms with E-state index in [2.05, 4.69) is 9.97 Å². The number of carboxylic acid groups (broad SMARTS) is 1. The maximum Gasteiger partial charge on any atom is 0.336 e. The van der Waals surface area contributed by atoms with Crippen molar-refractivity contribution >= 4 is 28.6 Å². The summed E-state index contributed by atoms with van der Waals surface area (Å²) in [7, 11) is 0. The average Bonchev–Trinajstić information content (AvgIpc) is 3.08. The lowest BCUT2D eigenvalue weighted by Gasteiger charge is -1.95. The van der Waals surface area contributed by atoms with Crippen LogP contribution < -0.4 is 0 Å². The Morgan fingerprint density at radius 1 is 1.25 bits per heavy atom. The number of carboxylic acids is 1. The van der Waals surface area contributed by atoms with Gasteiger partial charge in [0.05, 0.1) is 21.1 Å². The van der Waals surface area contributed by atoms with Crippen LogP contribution in [0.1, 0.15) is 21.1 Å². The molecule has 3 aromatic heterocycles. The second-order valence-corrected chi connectivity index (χ2v) is 5.98. The van der Waals surface area contributed by atoms with E-state index < -0.39 is 5.97 Å². The molecule has 0 aliphatic heterocycles. The molecule has 100 valence electrons. The van der Waals surface area contributed by atoms with E-state index in [4.69, 9.17) is 5.11 Å². The molecule has 0 amide bonds. The van der Waals surface area contributed by atoms with Gasteiger partial charge < -0.3 is 5.11 Å². The van der Waals surface area contributed by atoms with Crippen LogP contribution in [0.5, 0.6) is 0 Å². The summed E-state index contributed by atoms with van der Waals surface area (Å²) in [5.41, 5.74) is 2.12. The monoisotopic (exact) mass is 302 g/mol. The molecule has 0 bridgehead atoms. The average molecular weight is 302 g/mol. The van der Waals surface area contributed by atoms with Crippen molar-refractivity contribution in [1.29, 1.82) is 0 Å². The van der Waals surface area contributed by atoms with Crippen molar-refractivity contribution in [3.8, 4) is 10.6 Å². The fraction of sp³-hybridized carbons (Fsp3) is 0.0714. The zero-order valence-corrected chi connectivity index (χ0v) is 11.9. The Kier molecular flexibility index (Phi) is 3.58. The lowest BCUT2D eigenvalue weighted by Crippen LogP contribution is -1.91. The van der Waals surface area contributed by atoms with E-state index in [0.717, 1.165) is 21.3 Å². The number of thiazole rings is 1. The van der Waals surface area contributed by atoms with Gasteiger partial charge in [-0.2, -0.15) is 0 Å². The summed E-state index contributed by atoms with van der Waals surface area (Å²) in [5.74, 6) is -0.906. The molecular weight excluding hydrogens is 292 g/mol. The Morgan fingerprint density at radius 2 is 2.15 bits per heavy atom. The highest BCUT2D eigenvalue weighted by atomic mass is 32.1. The SMILES string of the molecule is O=C(O)c1csc(-c2csc(Cc3ccccn3)n2)c1. The molecule has 0 atom stereocenters. The summed E-state index contributed by atoms with van der Waals surface area (Å²) >= 11 is 2.96. The third-order valence-electron chi connectivity index (χ3n) is 2.71. The first-order valence-electron chi connectivity index (χ1n) is 5.89. The second-order valence-electron chi connectivity index (χ2n) is 4.13. The maximum atomic E-state index is 10.9. The third-order valence-corrected chi connectivity index (χ3v) is 4.51. The summed E-state index contributed by atoms with van der Waals surface area (Å²) in [5, 5.41) is 13.5. The normalized spacial score (nSPS) is 10.6. The molecule has 0 fully saturated rings. The number of pyridine rings is 1. The van der Waals surface area contributed by atoms with Crippen LogP contribution in [0.2, 0.25) is 0 Å². The van der Waals surface area contributed by atoms with E-state index in [1.54, 1.807) is 29.0 Å². The van der Waals surface area contributed by atoms with E-state index in [9.17, 15) is 4.79 Å². The van der Waals surface area contributed by atoms with Crippen molar-refractivity contribution in [3.05, 3.63) is 57.5 Å². The minimum Gasteiger partial charge on any atom is -0.478 e. The van der Waals surface area contributed by atoms with Crippen molar-refractivity contribution in [2.75, 3.05) is 0 Å². The molecule has 0 aromatic carbocycles. The highest BCUT2D eigenvalue weighted by molar-refractivity contribution is 7.14. The van der Waals surface area contributed by atoms with Gasteiger partial charge in [-0.15, -0.1) is 22.7 Å². The van der Waals surface area contributed by atoms with Crippen LogP contribution >= 0.6 is 22.7 Å². The molecule has 0 saturated carbocycles. The fourth-order valence-corrected chi connectivity index (χ4v) is 3.47. The molecule has 3 heterocycles. The molecule has 0 aliphatic carbocycles. The number of thiophene rings is 1. The van der Waals surface area contributed by atoms with Crippen molar-refractivity contribution < 1.29 is 9.90 Å². The van der Waals surface area contributed by atoms with Crippen molar-refractivity contribution in [2.24, 2.45) is 0 Å². The highest BCUT2D eigenvalue weighted by Gasteiger charge is 2.11. The quantitative estimate of drug-likeness (QED) is 0.800. The van der Waals surface area contributed by atoms with E-state index in [1.807, 2.05) is 23.6 Å². The maximum absolute atomic E-state index is 10.9. The largest absolute Gasteiger partial charge is 0.478 e. The van der Waals surface area contributed by atoms with Crippen LogP contribution in [0.15, 0.2) is 41.2 Å². The number of aromatic carboxylic acids is 1. The zero-order chi connectivity index (χ0) is 13.9. The standard InChI is InChI=1S/C14H10N2O2S2/c17-14(18)9-5-12(19-7-9)11-8-20-13(16-11)6-10-3-1-2-4-15-10/h1-5,7-8H,6H2,(H,17,18). The lowest BCUT2D eigenvalue weighted by molar-refractivity contribution is 0.0697. The van der Waals surface area contributed by atoms with Gasteiger partial charge in [-0.1, -0.05) is 6.07 Å². The van der Waals surface area contributed by atoms with E-state index in [0.29, 0.717) is 12.0 Å². The van der Waals surface area contributed by atoms with Crippen molar-refractivity contribution in [3.63, 3.8) is 0 Å². The number of hydrogen-bond acceptors (Lipinski definition) is 5. The minimum absolute atomic E-state index is 0.310. The number of rotatable bonds is 4. The summed E-state index contributed by atoms with van der Waals surface area (Å²) in [6.07, 6.45) is 2.46. The van der Waals surface area contributed by atoms with Crippen LogP contribution in [0.25, 0.3) is 10.6 Å². The molecule has 0 saturated heterocycles. The summed E-state index contributed by atoms with van der Waals surface area (Å²) in [4.78, 5) is 20.6. The van der Waals surface area contributed by atoms with Gasteiger partial charge in [-0.05, 0) is 18.2 Å². The molecule has 1 N–H and O–H groups in total. The number of hydrogen-bond donors (Lipinski definition) is 1. The van der Waals surface area contributed by atoms with Crippen LogP contribution in [-0.4, -0.2) is 21.0 Å². The Morgan fingerprint density at radius 3 is 2.85 bits per heavy atom. The van der Waals surface area contributed by atoms with Gasteiger partial charge in [0.1, 0.15) is 0 Å². The molecule has 20 heavy (non-hydrogen) atoms. The Hall–Kier alpha value is -2.05. The van der Waals surface area contributed by atoms with Gasteiger partial charge in [0, 0.05) is 29.1 Å². The van der Waals surface area contributed by atoms with Crippen LogP contribution in [0.4, 0.5) is 0 Å². The van der Waals surface area contributed by atoms with E-state index in [1.165, 1.54) is 11.3 Å². The molecular formula is C14H10N2O2S2. The number of carbonyl (C=O) groups is 1.